The maximum atomic E-state index is 12.1. The van der Waals surface area contributed by atoms with E-state index in [1.165, 1.54) is 35.0 Å². The van der Waals surface area contributed by atoms with E-state index in [1.807, 2.05) is 19.9 Å². The molecule has 3 aromatic rings. The molecule has 0 spiro atoms. The third-order valence-electron chi connectivity index (χ3n) is 3.30. The predicted octanol–water partition coefficient (Wildman–Crippen LogP) is 1.41. The van der Waals surface area contributed by atoms with Crippen molar-refractivity contribution in [3.8, 4) is 0 Å². The second-order valence-electron chi connectivity index (χ2n) is 5.23. The number of benzene rings is 1. The standard InChI is InChI=1S/C15H13N7O3/c1-9-7-10(2)21-15(17-9)18-13(20-21)14(23)19-16-8-11-3-5-12(6-4-11)22(24)25/h3-8H,1-2H3,(H,19,23). The Hall–Kier alpha value is -3.69. The average molecular weight is 339 g/mol. The van der Waals surface area contributed by atoms with Crippen LogP contribution in [0.15, 0.2) is 35.4 Å². The van der Waals surface area contributed by atoms with Crippen LogP contribution in [-0.2, 0) is 0 Å². The van der Waals surface area contributed by atoms with E-state index in [9.17, 15) is 14.9 Å². The second kappa shape index (κ2) is 6.43. The third kappa shape index (κ3) is 3.47. The zero-order valence-corrected chi connectivity index (χ0v) is 13.4. The van der Waals surface area contributed by atoms with E-state index in [1.54, 1.807) is 0 Å². The van der Waals surface area contributed by atoms with Crippen LogP contribution >= 0.6 is 0 Å². The first kappa shape index (κ1) is 16.2. The van der Waals surface area contributed by atoms with Crippen LogP contribution in [0.4, 0.5) is 5.69 Å². The van der Waals surface area contributed by atoms with Crippen molar-refractivity contribution in [2.45, 2.75) is 13.8 Å². The summed E-state index contributed by atoms with van der Waals surface area (Å²) in [5.74, 6) is -0.301. The molecule has 3 rings (SSSR count). The summed E-state index contributed by atoms with van der Waals surface area (Å²) in [4.78, 5) is 30.4. The summed E-state index contributed by atoms with van der Waals surface area (Å²) >= 11 is 0. The number of nitro benzene ring substituents is 1. The molecule has 0 aliphatic rings. The van der Waals surface area contributed by atoms with Gasteiger partial charge in [-0.25, -0.2) is 14.9 Å². The zero-order valence-electron chi connectivity index (χ0n) is 13.4. The highest BCUT2D eigenvalue weighted by Crippen LogP contribution is 2.10. The normalized spacial score (nSPS) is 11.1. The molecule has 0 atom stereocenters. The van der Waals surface area contributed by atoms with E-state index in [4.69, 9.17) is 0 Å². The molecule has 1 aromatic carbocycles. The Labute approximate surface area is 141 Å². The van der Waals surface area contributed by atoms with Crippen LogP contribution in [0.25, 0.3) is 5.78 Å². The van der Waals surface area contributed by atoms with Crippen LogP contribution in [0.3, 0.4) is 0 Å². The summed E-state index contributed by atoms with van der Waals surface area (Å²) < 4.78 is 1.47. The molecular weight excluding hydrogens is 326 g/mol. The molecule has 0 fully saturated rings. The summed E-state index contributed by atoms with van der Waals surface area (Å²) in [6, 6.07) is 7.57. The molecule has 0 aliphatic heterocycles. The second-order valence-corrected chi connectivity index (χ2v) is 5.23. The number of carbonyl (C=O) groups excluding carboxylic acids is 1. The van der Waals surface area contributed by atoms with Crippen LogP contribution in [0.1, 0.15) is 27.6 Å². The zero-order chi connectivity index (χ0) is 18.0. The molecular formula is C15H13N7O3. The van der Waals surface area contributed by atoms with Crippen molar-refractivity contribution in [1.29, 1.82) is 0 Å². The number of fused-ring (bicyclic) bond motifs is 1. The molecule has 0 radical (unpaired) electrons. The number of carbonyl (C=O) groups is 1. The van der Waals surface area contributed by atoms with Crippen molar-refractivity contribution in [2.24, 2.45) is 5.10 Å². The molecule has 1 amide bonds. The molecule has 10 nitrogen and oxygen atoms in total. The van der Waals surface area contributed by atoms with Gasteiger partial charge in [-0.2, -0.15) is 10.1 Å². The molecule has 2 aromatic heterocycles. The van der Waals surface area contributed by atoms with Gasteiger partial charge in [-0.1, -0.05) is 0 Å². The lowest BCUT2D eigenvalue weighted by atomic mass is 10.2. The van der Waals surface area contributed by atoms with Crippen molar-refractivity contribution in [1.82, 2.24) is 25.0 Å². The Bertz CT molecular complexity index is 992. The quantitative estimate of drug-likeness (QED) is 0.435. The Morgan fingerprint density at radius 2 is 2.00 bits per heavy atom. The monoisotopic (exact) mass is 339 g/mol. The van der Waals surface area contributed by atoms with E-state index in [-0.39, 0.29) is 11.5 Å². The number of hydrazone groups is 1. The van der Waals surface area contributed by atoms with Gasteiger partial charge in [-0.05, 0) is 37.6 Å². The van der Waals surface area contributed by atoms with Gasteiger partial charge in [0, 0.05) is 23.5 Å². The molecule has 0 unspecified atom stereocenters. The third-order valence-corrected chi connectivity index (χ3v) is 3.30. The minimum Gasteiger partial charge on any atom is -0.264 e. The highest BCUT2D eigenvalue weighted by molar-refractivity contribution is 5.91. The van der Waals surface area contributed by atoms with E-state index in [0.29, 0.717) is 11.3 Å². The number of aryl methyl sites for hydroxylation is 2. The molecule has 0 bridgehead atoms. The van der Waals surface area contributed by atoms with Gasteiger partial charge in [0.15, 0.2) is 0 Å². The van der Waals surface area contributed by atoms with Crippen molar-refractivity contribution in [3.05, 3.63) is 63.2 Å². The SMILES string of the molecule is Cc1cc(C)n2nc(C(=O)NN=Cc3ccc([N+](=O)[O-])cc3)nc2n1. The Kier molecular flexibility index (Phi) is 4.16. The van der Waals surface area contributed by atoms with Crippen LogP contribution in [0, 0.1) is 24.0 Å². The topological polar surface area (TPSA) is 128 Å². The molecule has 0 saturated heterocycles. The number of nitrogens with zero attached hydrogens (tertiary/aromatic N) is 6. The van der Waals surface area contributed by atoms with E-state index in [2.05, 4.69) is 25.6 Å². The lowest BCUT2D eigenvalue weighted by molar-refractivity contribution is -0.384. The van der Waals surface area contributed by atoms with E-state index < -0.39 is 10.8 Å². The van der Waals surface area contributed by atoms with E-state index >= 15 is 0 Å². The molecule has 10 heteroatoms. The summed E-state index contributed by atoms with van der Waals surface area (Å²) in [5.41, 5.74) is 4.48. The van der Waals surface area contributed by atoms with Crippen LogP contribution in [-0.4, -0.2) is 36.6 Å². The average Bonchev–Trinajstić information content (AvgIpc) is 2.99. The highest BCUT2D eigenvalue weighted by atomic mass is 16.6. The lowest BCUT2D eigenvalue weighted by Gasteiger charge is -1.97. The van der Waals surface area contributed by atoms with Crippen molar-refractivity contribution in [2.75, 3.05) is 0 Å². The number of nitrogens with one attached hydrogen (secondary N) is 1. The Morgan fingerprint density at radius 3 is 2.68 bits per heavy atom. The van der Waals surface area contributed by atoms with Gasteiger partial charge in [0.2, 0.25) is 5.82 Å². The number of aromatic nitrogens is 4. The van der Waals surface area contributed by atoms with Crippen molar-refractivity contribution in [3.63, 3.8) is 0 Å². The summed E-state index contributed by atoms with van der Waals surface area (Å²) in [7, 11) is 0. The molecule has 1 N–H and O–H groups in total. The van der Waals surface area contributed by atoms with Crippen LogP contribution < -0.4 is 5.43 Å². The molecule has 126 valence electrons. The van der Waals surface area contributed by atoms with Crippen LogP contribution in [0.5, 0.6) is 0 Å². The first-order chi connectivity index (χ1) is 11.9. The number of amides is 1. The fraction of sp³-hybridized carbons (Fsp3) is 0.133. The first-order valence-electron chi connectivity index (χ1n) is 7.23. The van der Waals surface area contributed by atoms with Gasteiger partial charge < -0.3 is 0 Å². The smallest absolute Gasteiger partial charge is 0.264 e. The van der Waals surface area contributed by atoms with Gasteiger partial charge in [-0.15, -0.1) is 5.10 Å². The number of rotatable bonds is 4. The molecule has 2 heterocycles. The first-order valence-corrected chi connectivity index (χ1v) is 7.23. The van der Waals surface area contributed by atoms with Crippen molar-refractivity contribution < 1.29 is 9.72 Å². The highest BCUT2D eigenvalue weighted by Gasteiger charge is 2.14. The number of nitro groups is 1. The Balaban J connectivity index is 1.72. The summed E-state index contributed by atoms with van der Waals surface area (Å²) in [5, 5.41) is 18.5. The van der Waals surface area contributed by atoms with Gasteiger partial charge >= 0.3 is 5.91 Å². The number of hydrogen-bond acceptors (Lipinski definition) is 7. The van der Waals surface area contributed by atoms with Crippen molar-refractivity contribution >= 4 is 23.6 Å². The maximum Gasteiger partial charge on any atom is 0.311 e. The number of hydrogen-bond donors (Lipinski definition) is 1. The minimum absolute atomic E-state index is 0.0201. The van der Waals surface area contributed by atoms with Gasteiger partial charge in [0.25, 0.3) is 11.5 Å². The Morgan fingerprint density at radius 1 is 1.28 bits per heavy atom. The maximum absolute atomic E-state index is 12.1. The molecule has 25 heavy (non-hydrogen) atoms. The van der Waals surface area contributed by atoms with Gasteiger partial charge in [0.1, 0.15) is 0 Å². The molecule has 0 saturated carbocycles. The van der Waals surface area contributed by atoms with E-state index in [0.717, 1.165) is 11.4 Å². The fourth-order valence-electron chi connectivity index (χ4n) is 2.16. The van der Waals surface area contributed by atoms with Gasteiger partial charge in [0.05, 0.1) is 11.1 Å². The summed E-state index contributed by atoms with van der Waals surface area (Å²) in [6.45, 7) is 3.67. The largest absolute Gasteiger partial charge is 0.311 e. The van der Waals surface area contributed by atoms with Gasteiger partial charge in [-0.3, -0.25) is 14.9 Å². The lowest BCUT2D eigenvalue weighted by Crippen LogP contribution is -2.19. The molecule has 0 aliphatic carbocycles. The number of non-ortho nitro benzene ring substituents is 1. The predicted molar refractivity (Wildman–Crippen MR) is 88.4 cm³/mol. The minimum atomic E-state index is -0.583. The van der Waals surface area contributed by atoms with Crippen LogP contribution in [0.2, 0.25) is 0 Å². The fourth-order valence-corrected chi connectivity index (χ4v) is 2.16. The summed E-state index contributed by atoms with van der Waals surface area (Å²) in [6.07, 6.45) is 1.37.